The Labute approximate surface area is 168 Å². The Balaban J connectivity index is 1.98. The summed E-state index contributed by atoms with van der Waals surface area (Å²) in [6.07, 6.45) is -2.35. The maximum absolute atomic E-state index is 11.2. The number of benzene rings is 2. The van der Waals surface area contributed by atoms with Gasteiger partial charge in [0, 0.05) is 8.95 Å². The molecule has 140 valence electrons. The van der Waals surface area contributed by atoms with Gasteiger partial charge in [-0.15, -0.1) is 4.91 Å². The summed E-state index contributed by atoms with van der Waals surface area (Å²) >= 11 is 6.76. The standard InChI is InChI=1S/C15H10Br2N4O6/c16-8-1-6-3-10(19-23)11(4-7(6)2-9(8)17)26-15-14(21-25)13(20-24)12(27-15)5-18-22/h1-4,12-15H,5H2/t12-,13?,14+,15-/m1/s1. The molecule has 1 unspecified atom stereocenters. The predicted molar refractivity (Wildman–Crippen MR) is 104 cm³/mol. The summed E-state index contributed by atoms with van der Waals surface area (Å²) in [5.41, 5.74) is -0.0300. The number of hydrogen-bond acceptors (Lipinski definition) is 10. The molecule has 0 aromatic heterocycles. The van der Waals surface area contributed by atoms with Gasteiger partial charge in [-0.05, 0) is 72.1 Å². The predicted octanol–water partition coefficient (Wildman–Crippen LogP) is 4.90. The fraction of sp³-hybridized carbons (Fsp3) is 0.333. The fourth-order valence-electron chi connectivity index (χ4n) is 2.83. The number of hydrogen-bond donors (Lipinski definition) is 0. The van der Waals surface area contributed by atoms with Crippen LogP contribution in [0.15, 0.2) is 53.9 Å². The van der Waals surface area contributed by atoms with Crippen molar-refractivity contribution in [2.45, 2.75) is 24.5 Å². The molecule has 0 bridgehead atoms. The van der Waals surface area contributed by atoms with Crippen molar-refractivity contribution in [1.29, 1.82) is 0 Å². The van der Waals surface area contributed by atoms with E-state index in [1.165, 1.54) is 6.07 Å². The molecular weight excluding hydrogens is 492 g/mol. The first-order chi connectivity index (χ1) is 13.0. The Bertz CT molecular complexity index is 927. The minimum absolute atomic E-state index is 0.0300. The lowest BCUT2D eigenvalue weighted by Gasteiger charge is -2.17. The van der Waals surface area contributed by atoms with E-state index in [2.05, 4.69) is 52.6 Å². The highest BCUT2D eigenvalue weighted by Gasteiger charge is 2.49. The Morgan fingerprint density at radius 2 is 1.56 bits per heavy atom. The van der Waals surface area contributed by atoms with Crippen LogP contribution in [0.25, 0.3) is 10.8 Å². The quantitative estimate of drug-likeness (QED) is 0.494. The minimum atomic E-state index is -1.31. The molecular formula is C15H10Br2N4O6. The zero-order chi connectivity index (χ0) is 19.6. The van der Waals surface area contributed by atoms with E-state index < -0.39 is 24.5 Å². The number of nitrogens with zero attached hydrogens (tertiary/aromatic N) is 4. The summed E-state index contributed by atoms with van der Waals surface area (Å²) < 4.78 is 12.6. The average Bonchev–Trinajstić information content (AvgIpc) is 2.99. The monoisotopic (exact) mass is 500 g/mol. The minimum Gasteiger partial charge on any atom is -0.460 e. The molecule has 1 heterocycles. The second-order valence-corrected chi connectivity index (χ2v) is 7.40. The molecule has 4 atom stereocenters. The summed E-state index contributed by atoms with van der Waals surface area (Å²) in [4.78, 5) is 43.9. The van der Waals surface area contributed by atoms with Crippen molar-refractivity contribution in [2.24, 2.45) is 20.7 Å². The fourth-order valence-corrected chi connectivity index (χ4v) is 3.55. The molecule has 2 aromatic rings. The van der Waals surface area contributed by atoms with Crippen LogP contribution in [-0.2, 0) is 4.74 Å². The maximum atomic E-state index is 11.2. The van der Waals surface area contributed by atoms with E-state index in [9.17, 15) is 19.6 Å². The van der Waals surface area contributed by atoms with E-state index in [1.54, 1.807) is 18.2 Å². The van der Waals surface area contributed by atoms with Gasteiger partial charge in [-0.25, -0.2) is 0 Å². The van der Waals surface area contributed by atoms with Gasteiger partial charge in [0.15, 0.2) is 23.5 Å². The summed E-state index contributed by atoms with van der Waals surface area (Å²) in [5.74, 6) is 0.0368. The third-order valence-electron chi connectivity index (χ3n) is 4.12. The summed E-state index contributed by atoms with van der Waals surface area (Å²) in [6.45, 7) is -0.389. The van der Waals surface area contributed by atoms with Crippen LogP contribution < -0.4 is 4.74 Å². The van der Waals surface area contributed by atoms with Crippen molar-refractivity contribution in [2.75, 3.05) is 6.54 Å². The van der Waals surface area contributed by atoms with Crippen LogP contribution in [0.5, 0.6) is 5.75 Å². The molecule has 27 heavy (non-hydrogen) atoms. The van der Waals surface area contributed by atoms with Gasteiger partial charge in [-0.2, -0.15) is 14.7 Å². The average molecular weight is 502 g/mol. The van der Waals surface area contributed by atoms with Gasteiger partial charge in [0.25, 0.3) is 0 Å². The SMILES string of the molecule is O=NC[C@H]1O[C@@H](Oc2cc3cc(Br)c(Br)cc3cc2N=O)[C@@H](N=O)C1N=O. The van der Waals surface area contributed by atoms with Crippen LogP contribution in [0.1, 0.15) is 0 Å². The first-order valence-electron chi connectivity index (χ1n) is 7.54. The molecule has 0 spiro atoms. The van der Waals surface area contributed by atoms with Gasteiger partial charge in [0.05, 0.1) is 0 Å². The zero-order valence-electron chi connectivity index (χ0n) is 13.3. The van der Waals surface area contributed by atoms with Gasteiger partial charge in [0.1, 0.15) is 12.6 Å². The molecule has 1 fully saturated rings. The highest BCUT2D eigenvalue weighted by atomic mass is 79.9. The third kappa shape index (κ3) is 3.77. The number of ether oxygens (including phenoxy) is 2. The second-order valence-electron chi connectivity index (χ2n) is 5.69. The van der Waals surface area contributed by atoms with Crippen LogP contribution in [-0.4, -0.2) is 31.0 Å². The Morgan fingerprint density at radius 1 is 0.926 bits per heavy atom. The largest absolute Gasteiger partial charge is 0.460 e. The first-order valence-corrected chi connectivity index (χ1v) is 9.13. The number of rotatable bonds is 7. The number of nitroso groups, excluding NO2 is 4. The van der Waals surface area contributed by atoms with E-state index in [0.29, 0.717) is 0 Å². The van der Waals surface area contributed by atoms with E-state index in [4.69, 9.17) is 9.47 Å². The van der Waals surface area contributed by atoms with Crippen LogP contribution in [0.4, 0.5) is 5.69 Å². The van der Waals surface area contributed by atoms with Crippen molar-refractivity contribution in [3.8, 4) is 5.75 Å². The molecule has 12 heteroatoms. The van der Waals surface area contributed by atoms with E-state index in [1.807, 2.05) is 0 Å². The van der Waals surface area contributed by atoms with Crippen LogP contribution in [0.3, 0.4) is 0 Å². The Kier molecular flexibility index (Phi) is 5.97. The smallest absolute Gasteiger partial charge is 0.228 e. The van der Waals surface area contributed by atoms with Crippen molar-refractivity contribution < 1.29 is 9.47 Å². The molecule has 0 N–H and O–H groups in total. The first kappa shape index (κ1) is 19.6. The molecule has 10 nitrogen and oxygen atoms in total. The van der Waals surface area contributed by atoms with Gasteiger partial charge >= 0.3 is 0 Å². The molecule has 0 radical (unpaired) electrons. The number of fused-ring (bicyclic) bond motifs is 1. The highest BCUT2D eigenvalue weighted by Crippen LogP contribution is 2.38. The second kappa shape index (κ2) is 8.23. The Hall–Kier alpha value is -2.18. The molecule has 0 amide bonds. The van der Waals surface area contributed by atoms with Crippen LogP contribution in [0.2, 0.25) is 0 Å². The lowest BCUT2D eigenvalue weighted by molar-refractivity contribution is -0.0750. The Morgan fingerprint density at radius 3 is 2.11 bits per heavy atom. The molecule has 0 aliphatic carbocycles. The molecule has 1 saturated heterocycles. The summed E-state index contributed by atoms with van der Waals surface area (Å²) in [6, 6.07) is 4.12. The third-order valence-corrected chi connectivity index (χ3v) is 5.96. The van der Waals surface area contributed by atoms with Crippen LogP contribution >= 0.6 is 31.9 Å². The van der Waals surface area contributed by atoms with Gasteiger partial charge in [0.2, 0.25) is 6.29 Å². The maximum Gasteiger partial charge on any atom is 0.228 e. The molecule has 1 aliphatic heterocycles. The van der Waals surface area contributed by atoms with E-state index >= 15 is 0 Å². The molecule has 3 rings (SSSR count). The van der Waals surface area contributed by atoms with Crippen molar-refractivity contribution in [1.82, 2.24) is 0 Å². The van der Waals surface area contributed by atoms with Crippen LogP contribution in [0, 0.1) is 19.6 Å². The van der Waals surface area contributed by atoms with Crippen molar-refractivity contribution >= 4 is 48.3 Å². The van der Waals surface area contributed by atoms with Gasteiger partial charge in [-0.1, -0.05) is 15.5 Å². The summed E-state index contributed by atoms with van der Waals surface area (Å²) in [7, 11) is 0. The lowest BCUT2D eigenvalue weighted by Crippen LogP contribution is -2.32. The zero-order valence-corrected chi connectivity index (χ0v) is 16.5. The topological polar surface area (TPSA) is 136 Å². The normalized spacial score (nSPS) is 24.5. The summed E-state index contributed by atoms with van der Waals surface area (Å²) in [5, 5.41) is 12.7. The highest BCUT2D eigenvalue weighted by molar-refractivity contribution is 9.13. The van der Waals surface area contributed by atoms with Gasteiger partial charge in [-0.3, -0.25) is 0 Å². The molecule has 1 aliphatic rings. The molecule has 0 saturated carbocycles. The molecule has 2 aromatic carbocycles. The van der Waals surface area contributed by atoms with E-state index in [-0.39, 0.29) is 18.0 Å². The lowest BCUT2D eigenvalue weighted by atomic mass is 10.1. The van der Waals surface area contributed by atoms with Crippen molar-refractivity contribution in [3.63, 3.8) is 0 Å². The van der Waals surface area contributed by atoms with E-state index in [0.717, 1.165) is 19.7 Å². The van der Waals surface area contributed by atoms with Gasteiger partial charge < -0.3 is 9.47 Å². The van der Waals surface area contributed by atoms with Crippen molar-refractivity contribution in [3.05, 3.63) is 52.8 Å². The number of halogens is 2.